The first-order valence-electron chi connectivity index (χ1n) is 10.2. The molecule has 1 aromatic carbocycles. The average molecular weight is 418 g/mol. The number of benzene rings is 1. The van der Waals surface area contributed by atoms with Crippen LogP contribution in [-0.2, 0) is 12.7 Å². The van der Waals surface area contributed by atoms with E-state index in [4.69, 9.17) is 0 Å². The van der Waals surface area contributed by atoms with Gasteiger partial charge in [-0.1, -0.05) is 6.07 Å². The summed E-state index contributed by atoms with van der Waals surface area (Å²) in [5.41, 5.74) is 1.07. The molecule has 4 nitrogen and oxygen atoms in total. The van der Waals surface area contributed by atoms with E-state index in [1.807, 2.05) is 11.1 Å². The second kappa shape index (κ2) is 7.27. The van der Waals surface area contributed by atoms with Crippen LogP contribution < -0.4 is 10.2 Å². The number of nitrogens with one attached hydrogen (secondary N) is 2. The molecule has 2 aliphatic rings. The number of anilines is 1. The van der Waals surface area contributed by atoms with Gasteiger partial charge in [-0.05, 0) is 60.6 Å². The first kappa shape index (κ1) is 19.4. The number of rotatable bonds is 4. The van der Waals surface area contributed by atoms with Crippen molar-refractivity contribution in [2.24, 2.45) is 11.8 Å². The Hall–Kier alpha value is -2.61. The van der Waals surface area contributed by atoms with Crippen LogP contribution in [0.1, 0.15) is 24.1 Å². The molecule has 1 aliphatic heterocycles. The highest BCUT2D eigenvalue weighted by Crippen LogP contribution is 2.40. The molecule has 1 saturated heterocycles. The second-order valence-electron chi connectivity index (χ2n) is 8.28. The second-order valence-corrected chi connectivity index (χ2v) is 8.28. The van der Waals surface area contributed by atoms with Crippen molar-refractivity contribution >= 4 is 16.7 Å². The monoisotopic (exact) mass is 418 g/mol. The van der Waals surface area contributed by atoms with Gasteiger partial charge in [0.1, 0.15) is 17.3 Å². The summed E-state index contributed by atoms with van der Waals surface area (Å²) < 4.78 is 52.6. The molecule has 3 atom stereocenters. The van der Waals surface area contributed by atoms with E-state index in [1.165, 1.54) is 18.2 Å². The van der Waals surface area contributed by atoms with Crippen molar-refractivity contribution in [3.8, 4) is 0 Å². The molecule has 8 heteroatoms. The van der Waals surface area contributed by atoms with Crippen LogP contribution in [0, 0.1) is 17.7 Å². The molecule has 158 valence electrons. The number of H-pyrrole nitrogens is 1. The molecular weight excluding hydrogens is 396 g/mol. The van der Waals surface area contributed by atoms with Crippen LogP contribution in [0.25, 0.3) is 10.9 Å². The van der Waals surface area contributed by atoms with Crippen LogP contribution in [0.4, 0.5) is 23.4 Å². The first-order valence-corrected chi connectivity index (χ1v) is 10.2. The standard InChI is InChI=1S/C22H22F4N4/c23-15-5-7-18-16(8-15)14(9-27-18)10-28-19-6-4-13-11-30(12-17(13)19)21-3-1-2-20(29-21)22(24,25)26/h1-3,5,7-9,13,17,19,27-28H,4,6,10-12H2/t13-,17+,19+/m1/s1. The average Bonchev–Trinajstić information content (AvgIpc) is 3.40. The van der Waals surface area contributed by atoms with Gasteiger partial charge in [-0.25, -0.2) is 9.37 Å². The molecule has 0 amide bonds. The fourth-order valence-corrected chi connectivity index (χ4v) is 5.00. The fraction of sp³-hybridized carbons (Fsp3) is 0.409. The van der Waals surface area contributed by atoms with Gasteiger partial charge in [0, 0.05) is 42.8 Å². The van der Waals surface area contributed by atoms with Crippen molar-refractivity contribution in [1.29, 1.82) is 0 Å². The van der Waals surface area contributed by atoms with Crippen LogP contribution in [0.3, 0.4) is 0 Å². The van der Waals surface area contributed by atoms with Crippen molar-refractivity contribution in [2.75, 3.05) is 18.0 Å². The SMILES string of the molecule is Fc1ccc2[nH]cc(CN[C@H]3CC[C@@H]4CN(c5cccc(C(F)(F)F)n5)C[C@@H]43)c2c1. The van der Waals surface area contributed by atoms with Gasteiger partial charge in [-0.15, -0.1) is 0 Å². The molecule has 3 heterocycles. The molecule has 1 aliphatic carbocycles. The smallest absolute Gasteiger partial charge is 0.361 e. The topological polar surface area (TPSA) is 44.0 Å². The number of alkyl halides is 3. The summed E-state index contributed by atoms with van der Waals surface area (Å²) in [6, 6.07) is 9.07. The lowest BCUT2D eigenvalue weighted by Gasteiger charge is -2.23. The number of pyridine rings is 1. The Morgan fingerprint density at radius 2 is 2.00 bits per heavy atom. The van der Waals surface area contributed by atoms with E-state index in [1.54, 1.807) is 12.1 Å². The van der Waals surface area contributed by atoms with Gasteiger partial charge >= 0.3 is 6.18 Å². The Morgan fingerprint density at radius 1 is 1.13 bits per heavy atom. The lowest BCUT2D eigenvalue weighted by Crippen LogP contribution is -2.35. The van der Waals surface area contributed by atoms with Crippen LogP contribution >= 0.6 is 0 Å². The third kappa shape index (κ3) is 3.53. The number of nitrogens with zero attached hydrogens (tertiary/aromatic N) is 2. The van der Waals surface area contributed by atoms with Gasteiger partial charge in [0.25, 0.3) is 0 Å². The van der Waals surface area contributed by atoms with Crippen molar-refractivity contribution in [1.82, 2.24) is 15.3 Å². The summed E-state index contributed by atoms with van der Waals surface area (Å²) in [6.07, 6.45) is -0.457. The minimum Gasteiger partial charge on any atom is -0.361 e. The highest BCUT2D eigenvalue weighted by atomic mass is 19.4. The van der Waals surface area contributed by atoms with Crippen LogP contribution in [0.15, 0.2) is 42.6 Å². The first-order chi connectivity index (χ1) is 14.4. The van der Waals surface area contributed by atoms with E-state index in [9.17, 15) is 17.6 Å². The maximum atomic E-state index is 13.6. The minimum absolute atomic E-state index is 0.260. The van der Waals surface area contributed by atoms with Crippen molar-refractivity contribution in [3.63, 3.8) is 0 Å². The molecule has 2 N–H and O–H groups in total. The number of aromatic nitrogens is 2. The van der Waals surface area contributed by atoms with Crippen LogP contribution in [0.5, 0.6) is 0 Å². The highest BCUT2D eigenvalue weighted by molar-refractivity contribution is 5.83. The van der Waals surface area contributed by atoms with E-state index in [2.05, 4.69) is 15.3 Å². The molecule has 2 aromatic heterocycles. The maximum absolute atomic E-state index is 13.6. The lowest BCUT2D eigenvalue weighted by molar-refractivity contribution is -0.141. The normalized spacial score (nSPS) is 24.0. The summed E-state index contributed by atoms with van der Waals surface area (Å²) in [7, 11) is 0. The third-order valence-electron chi connectivity index (χ3n) is 6.49. The Bertz CT molecular complexity index is 1060. The lowest BCUT2D eigenvalue weighted by atomic mass is 9.97. The molecule has 0 bridgehead atoms. The van der Waals surface area contributed by atoms with Gasteiger partial charge in [0.2, 0.25) is 0 Å². The number of aromatic amines is 1. The Morgan fingerprint density at radius 3 is 2.83 bits per heavy atom. The Labute approximate surface area is 171 Å². The van der Waals surface area contributed by atoms with E-state index in [0.717, 1.165) is 41.9 Å². The van der Waals surface area contributed by atoms with Crippen LogP contribution in [-0.4, -0.2) is 29.1 Å². The molecule has 1 saturated carbocycles. The molecule has 3 aromatic rings. The van der Waals surface area contributed by atoms with E-state index in [-0.39, 0.29) is 11.9 Å². The van der Waals surface area contributed by atoms with E-state index < -0.39 is 11.9 Å². The molecule has 5 rings (SSSR count). The minimum atomic E-state index is -4.44. The summed E-state index contributed by atoms with van der Waals surface area (Å²) in [5.74, 6) is 0.942. The van der Waals surface area contributed by atoms with E-state index in [0.29, 0.717) is 30.7 Å². The zero-order valence-electron chi connectivity index (χ0n) is 16.2. The number of halogens is 4. The van der Waals surface area contributed by atoms with Gasteiger partial charge < -0.3 is 15.2 Å². The quantitative estimate of drug-likeness (QED) is 0.603. The summed E-state index contributed by atoms with van der Waals surface area (Å²) in [5, 5.41) is 4.48. The summed E-state index contributed by atoms with van der Waals surface area (Å²) in [4.78, 5) is 8.99. The van der Waals surface area contributed by atoms with Crippen LogP contribution in [0.2, 0.25) is 0 Å². The fourth-order valence-electron chi connectivity index (χ4n) is 5.00. The molecule has 30 heavy (non-hydrogen) atoms. The van der Waals surface area contributed by atoms with Crippen molar-refractivity contribution in [3.05, 3.63) is 59.7 Å². The zero-order valence-corrected chi connectivity index (χ0v) is 16.2. The van der Waals surface area contributed by atoms with Gasteiger partial charge in [0.05, 0.1) is 0 Å². The zero-order chi connectivity index (χ0) is 20.9. The third-order valence-corrected chi connectivity index (χ3v) is 6.49. The van der Waals surface area contributed by atoms with Crippen molar-refractivity contribution in [2.45, 2.75) is 31.6 Å². The predicted molar refractivity (Wildman–Crippen MR) is 107 cm³/mol. The number of hydrogen-bond donors (Lipinski definition) is 2. The highest BCUT2D eigenvalue weighted by Gasteiger charge is 2.43. The molecule has 0 radical (unpaired) electrons. The predicted octanol–water partition coefficient (Wildman–Crippen LogP) is 4.73. The molecular formula is C22H22F4N4. The summed E-state index contributed by atoms with van der Waals surface area (Å²) in [6.45, 7) is 2.05. The molecule has 0 spiro atoms. The maximum Gasteiger partial charge on any atom is 0.433 e. The van der Waals surface area contributed by atoms with Crippen molar-refractivity contribution < 1.29 is 17.6 Å². The molecule has 0 unspecified atom stereocenters. The molecule has 2 fully saturated rings. The number of fused-ring (bicyclic) bond motifs is 2. The van der Waals surface area contributed by atoms with Gasteiger partial charge in [0.15, 0.2) is 0 Å². The van der Waals surface area contributed by atoms with Gasteiger partial charge in [-0.2, -0.15) is 13.2 Å². The Kier molecular flexibility index (Phi) is 4.69. The van der Waals surface area contributed by atoms with Gasteiger partial charge in [-0.3, -0.25) is 0 Å². The van der Waals surface area contributed by atoms with E-state index >= 15 is 0 Å². The largest absolute Gasteiger partial charge is 0.433 e. The number of hydrogen-bond acceptors (Lipinski definition) is 3. The Balaban J connectivity index is 1.27. The summed E-state index contributed by atoms with van der Waals surface area (Å²) >= 11 is 0.